The van der Waals surface area contributed by atoms with Crippen LogP contribution in [0.25, 0.3) is 0 Å². The number of ether oxygens (including phenoxy) is 1. The SMILES string of the molecule is CCCc1cccc(C(O)c2ccc3c(c2)COC3)c1. The Kier molecular flexibility index (Phi) is 3.86. The smallest absolute Gasteiger partial charge is 0.104 e. The van der Waals surface area contributed by atoms with Gasteiger partial charge in [0.1, 0.15) is 6.10 Å². The number of hydrogen-bond acceptors (Lipinski definition) is 2. The van der Waals surface area contributed by atoms with Gasteiger partial charge in [0.25, 0.3) is 0 Å². The minimum atomic E-state index is -0.558. The molecule has 1 unspecified atom stereocenters. The average molecular weight is 268 g/mol. The predicted octanol–water partition coefficient (Wildman–Crippen LogP) is 3.75. The first-order valence-electron chi connectivity index (χ1n) is 7.24. The van der Waals surface area contributed by atoms with Crippen molar-refractivity contribution in [2.75, 3.05) is 0 Å². The van der Waals surface area contributed by atoms with Crippen LogP contribution in [0.1, 0.15) is 47.3 Å². The van der Waals surface area contributed by atoms with Crippen LogP contribution in [0.4, 0.5) is 0 Å². The molecule has 20 heavy (non-hydrogen) atoms. The molecule has 0 fully saturated rings. The van der Waals surface area contributed by atoms with Crippen LogP contribution in [0.3, 0.4) is 0 Å². The first-order chi connectivity index (χ1) is 9.78. The molecule has 1 atom stereocenters. The molecule has 0 aromatic heterocycles. The molecule has 0 bridgehead atoms. The number of rotatable bonds is 4. The van der Waals surface area contributed by atoms with E-state index in [1.54, 1.807) is 0 Å². The second kappa shape index (κ2) is 5.78. The van der Waals surface area contributed by atoms with Gasteiger partial charge in [0, 0.05) is 0 Å². The Morgan fingerprint density at radius 3 is 2.70 bits per heavy atom. The zero-order valence-corrected chi connectivity index (χ0v) is 11.8. The lowest BCUT2D eigenvalue weighted by molar-refractivity contribution is 0.134. The zero-order chi connectivity index (χ0) is 13.9. The van der Waals surface area contributed by atoms with Crippen LogP contribution in [-0.4, -0.2) is 5.11 Å². The third kappa shape index (κ3) is 2.62. The Morgan fingerprint density at radius 1 is 1.05 bits per heavy atom. The zero-order valence-electron chi connectivity index (χ0n) is 11.8. The summed E-state index contributed by atoms with van der Waals surface area (Å²) in [5.41, 5.74) is 5.64. The monoisotopic (exact) mass is 268 g/mol. The van der Waals surface area contributed by atoms with E-state index in [-0.39, 0.29) is 0 Å². The summed E-state index contributed by atoms with van der Waals surface area (Å²) in [7, 11) is 0. The molecule has 1 N–H and O–H groups in total. The fourth-order valence-corrected chi connectivity index (χ4v) is 2.76. The van der Waals surface area contributed by atoms with Crippen molar-refractivity contribution in [1.29, 1.82) is 0 Å². The van der Waals surface area contributed by atoms with E-state index in [0.29, 0.717) is 13.2 Å². The fraction of sp³-hybridized carbons (Fsp3) is 0.333. The summed E-state index contributed by atoms with van der Waals surface area (Å²) < 4.78 is 5.42. The Hall–Kier alpha value is -1.64. The Balaban J connectivity index is 1.88. The van der Waals surface area contributed by atoms with Crippen molar-refractivity contribution in [3.8, 4) is 0 Å². The van der Waals surface area contributed by atoms with Crippen molar-refractivity contribution in [3.63, 3.8) is 0 Å². The first-order valence-corrected chi connectivity index (χ1v) is 7.24. The maximum atomic E-state index is 10.6. The first kappa shape index (κ1) is 13.3. The highest BCUT2D eigenvalue weighted by atomic mass is 16.5. The second-order valence-electron chi connectivity index (χ2n) is 5.42. The molecule has 2 aromatic carbocycles. The highest BCUT2D eigenvalue weighted by molar-refractivity contribution is 5.38. The van der Waals surface area contributed by atoms with Crippen molar-refractivity contribution in [1.82, 2.24) is 0 Å². The summed E-state index contributed by atoms with van der Waals surface area (Å²) in [4.78, 5) is 0. The second-order valence-corrected chi connectivity index (χ2v) is 5.42. The van der Waals surface area contributed by atoms with E-state index in [1.807, 2.05) is 18.2 Å². The van der Waals surface area contributed by atoms with Crippen LogP contribution >= 0.6 is 0 Å². The summed E-state index contributed by atoms with van der Waals surface area (Å²) in [6, 6.07) is 14.4. The largest absolute Gasteiger partial charge is 0.384 e. The van der Waals surface area contributed by atoms with Gasteiger partial charge in [-0.2, -0.15) is 0 Å². The molecule has 1 heterocycles. The van der Waals surface area contributed by atoms with Gasteiger partial charge in [0.2, 0.25) is 0 Å². The van der Waals surface area contributed by atoms with Gasteiger partial charge in [-0.15, -0.1) is 0 Å². The van der Waals surface area contributed by atoms with Gasteiger partial charge >= 0.3 is 0 Å². The highest BCUT2D eigenvalue weighted by Gasteiger charge is 2.16. The molecule has 0 amide bonds. The lowest BCUT2D eigenvalue weighted by atomic mass is 9.96. The van der Waals surface area contributed by atoms with Crippen LogP contribution in [0, 0.1) is 0 Å². The third-order valence-corrected chi connectivity index (χ3v) is 3.87. The molecular weight excluding hydrogens is 248 g/mol. The van der Waals surface area contributed by atoms with Gasteiger partial charge in [-0.05, 0) is 34.2 Å². The molecule has 0 radical (unpaired) electrons. The van der Waals surface area contributed by atoms with Crippen LogP contribution in [0.2, 0.25) is 0 Å². The topological polar surface area (TPSA) is 29.5 Å². The lowest BCUT2D eigenvalue weighted by Gasteiger charge is -2.14. The van der Waals surface area contributed by atoms with E-state index < -0.39 is 6.10 Å². The number of aliphatic hydroxyl groups excluding tert-OH is 1. The molecule has 1 aliphatic rings. The lowest BCUT2D eigenvalue weighted by Crippen LogP contribution is -2.01. The molecule has 0 spiro atoms. The molecular formula is C18H20O2. The molecule has 0 saturated heterocycles. The number of aliphatic hydroxyl groups is 1. The summed E-state index contributed by atoms with van der Waals surface area (Å²) >= 11 is 0. The average Bonchev–Trinajstić information content (AvgIpc) is 2.94. The number of fused-ring (bicyclic) bond motifs is 1. The molecule has 2 aromatic rings. The third-order valence-electron chi connectivity index (χ3n) is 3.87. The van der Waals surface area contributed by atoms with Crippen molar-refractivity contribution < 1.29 is 9.84 Å². The van der Waals surface area contributed by atoms with E-state index >= 15 is 0 Å². The van der Waals surface area contributed by atoms with Gasteiger partial charge in [-0.1, -0.05) is 55.8 Å². The van der Waals surface area contributed by atoms with Gasteiger partial charge in [-0.25, -0.2) is 0 Å². The Morgan fingerprint density at radius 2 is 1.85 bits per heavy atom. The number of hydrogen-bond donors (Lipinski definition) is 1. The van der Waals surface area contributed by atoms with Crippen LogP contribution < -0.4 is 0 Å². The summed E-state index contributed by atoms with van der Waals surface area (Å²) in [5.74, 6) is 0. The number of aryl methyl sites for hydroxylation is 1. The Bertz CT molecular complexity index is 604. The van der Waals surface area contributed by atoms with Crippen LogP contribution in [0.5, 0.6) is 0 Å². The highest BCUT2D eigenvalue weighted by Crippen LogP contribution is 2.28. The minimum absolute atomic E-state index is 0.558. The predicted molar refractivity (Wildman–Crippen MR) is 79.4 cm³/mol. The van der Waals surface area contributed by atoms with Crippen LogP contribution in [-0.2, 0) is 24.4 Å². The van der Waals surface area contributed by atoms with Crippen molar-refractivity contribution in [2.24, 2.45) is 0 Å². The van der Waals surface area contributed by atoms with E-state index in [2.05, 4.69) is 31.2 Å². The van der Waals surface area contributed by atoms with E-state index in [0.717, 1.165) is 24.0 Å². The maximum absolute atomic E-state index is 10.6. The summed E-state index contributed by atoms with van der Waals surface area (Å²) in [5, 5.41) is 10.6. The molecule has 0 aliphatic carbocycles. The maximum Gasteiger partial charge on any atom is 0.104 e. The molecule has 1 aliphatic heterocycles. The number of benzene rings is 2. The molecule has 2 nitrogen and oxygen atoms in total. The Labute approximate surface area is 120 Å². The fourth-order valence-electron chi connectivity index (χ4n) is 2.76. The van der Waals surface area contributed by atoms with Crippen molar-refractivity contribution >= 4 is 0 Å². The van der Waals surface area contributed by atoms with Crippen molar-refractivity contribution in [3.05, 3.63) is 70.3 Å². The van der Waals surface area contributed by atoms with Gasteiger partial charge in [0.05, 0.1) is 13.2 Å². The van der Waals surface area contributed by atoms with Gasteiger partial charge in [-0.3, -0.25) is 0 Å². The van der Waals surface area contributed by atoms with E-state index in [9.17, 15) is 5.11 Å². The molecule has 3 rings (SSSR count). The standard InChI is InChI=1S/C18H20O2/c1-2-4-13-5-3-6-14(9-13)18(19)15-7-8-16-11-20-12-17(16)10-15/h3,5-10,18-19H,2,4,11-12H2,1H3. The van der Waals surface area contributed by atoms with E-state index in [1.165, 1.54) is 16.7 Å². The summed E-state index contributed by atoms with van der Waals surface area (Å²) in [6.07, 6.45) is 1.62. The summed E-state index contributed by atoms with van der Waals surface area (Å²) in [6.45, 7) is 3.52. The van der Waals surface area contributed by atoms with Gasteiger partial charge < -0.3 is 9.84 Å². The normalized spacial score (nSPS) is 15.1. The molecule has 0 saturated carbocycles. The van der Waals surface area contributed by atoms with Gasteiger partial charge in [0.15, 0.2) is 0 Å². The quantitative estimate of drug-likeness (QED) is 0.915. The van der Waals surface area contributed by atoms with Crippen LogP contribution in [0.15, 0.2) is 42.5 Å². The minimum Gasteiger partial charge on any atom is -0.384 e. The van der Waals surface area contributed by atoms with Crippen molar-refractivity contribution in [2.45, 2.75) is 39.1 Å². The molecule has 2 heteroatoms. The van der Waals surface area contributed by atoms with E-state index in [4.69, 9.17) is 4.74 Å². The molecule has 104 valence electrons.